The van der Waals surface area contributed by atoms with Crippen LogP contribution in [0.5, 0.6) is 0 Å². The highest BCUT2D eigenvalue weighted by molar-refractivity contribution is 5.95. The Hall–Kier alpha value is -2.27. The molecule has 2 aromatic rings. The second-order valence-corrected chi connectivity index (χ2v) is 6.06. The summed E-state index contributed by atoms with van der Waals surface area (Å²) in [6.45, 7) is 1.26. The number of benzene rings is 2. The van der Waals surface area contributed by atoms with E-state index in [4.69, 9.17) is 0 Å². The van der Waals surface area contributed by atoms with Gasteiger partial charge in [-0.25, -0.2) is 8.78 Å². The van der Waals surface area contributed by atoms with Crippen molar-refractivity contribution in [3.8, 4) is 11.1 Å². The van der Waals surface area contributed by atoms with Gasteiger partial charge in [-0.15, -0.1) is 0 Å². The molecular weight excluding hydrogens is 310 g/mol. The molecule has 1 aliphatic rings. The van der Waals surface area contributed by atoms with E-state index in [0.29, 0.717) is 30.3 Å². The molecule has 1 heterocycles. The first-order chi connectivity index (χ1) is 11.6. The van der Waals surface area contributed by atoms with E-state index in [1.54, 1.807) is 23.1 Å². The average molecular weight is 330 g/mol. The number of carbonyl (C=O) groups is 1. The first-order valence-electron chi connectivity index (χ1n) is 8.10. The van der Waals surface area contributed by atoms with Crippen molar-refractivity contribution < 1.29 is 13.6 Å². The Kier molecular flexibility index (Phi) is 4.90. The van der Waals surface area contributed by atoms with Gasteiger partial charge in [-0.3, -0.25) is 4.79 Å². The highest BCUT2D eigenvalue weighted by Crippen LogP contribution is 2.24. The molecule has 0 aliphatic carbocycles. The minimum absolute atomic E-state index is 0.0868. The number of carbonyl (C=O) groups excluding carboxylic acids is 1. The molecule has 0 saturated carbocycles. The summed E-state index contributed by atoms with van der Waals surface area (Å²) in [6, 6.07) is 10.8. The van der Waals surface area contributed by atoms with Crippen LogP contribution in [-0.4, -0.2) is 37.0 Å². The molecule has 1 saturated heterocycles. The Morgan fingerprint density at radius 3 is 2.25 bits per heavy atom. The molecule has 1 fully saturated rings. The molecule has 5 heteroatoms. The van der Waals surface area contributed by atoms with Crippen molar-refractivity contribution in [2.45, 2.75) is 18.9 Å². The predicted octanol–water partition coefficient (Wildman–Crippen LogP) is 3.46. The predicted molar refractivity (Wildman–Crippen MR) is 89.8 cm³/mol. The van der Waals surface area contributed by atoms with Crippen molar-refractivity contribution in [3.63, 3.8) is 0 Å². The van der Waals surface area contributed by atoms with Crippen LogP contribution < -0.4 is 5.32 Å². The summed E-state index contributed by atoms with van der Waals surface area (Å²) in [5.74, 6) is -1.15. The van der Waals surface area contributed by atoms with E-state index in [2.05, 4.69) is 5.32 Å². The number of amides is 1. The second kappa shape index (κ2) is 7.09. The fraction of sp³-hybridized carbons (Fsp3) is 0.316. The van der Waals surface area contributed by atoms with E-state index < -0.39 is 5.82 Å². The van der Waals surface area contributed by atoms with E-state index in [0.717, 1.165) is 12.8 Å². The zero-order valence-corrected chi connectivity index (χ0v) is 13.6. The van der Waals surface area contributed by atoms with Gasteiger partial charge in [0, 0.05) is 19.1 Å². The van der Waals surface area contributed by atoms with E-state index in [1.165, 1.54) is 24.3 Å². The van der Waals surface area contributed by atoms with E-state index >= 15 is 0 Å². The van der Waals surface area contributed by atoms with Gasteiger partial charge in [0.2, 0.25) is 0 Å². The highest BCUT2D eigenvalue weighted by Gasteiger charge is 2.24. The van der Waals surface area contributed by atoms with Gasteiger partial charge in [-0.2, -0.15) is 0 Å². The Balaban J connectivity index is 1.77. The van der Waals surface area contributed by atoms with Crippen LogP contribution in [0, 0.1) is 11.6 Å². The largest absolute Gasteiger partial charge is 0.338 e. The molecule has 126 valence electrons. The van der Waals surface area contributed by atoms with Gasteiger partial charge in [0.05, 0.1) is 5.56 Å². The number of nitrogens with zero attached hydrogens (tertiary/aromatic N) is 1. The number of nitrogens with one attached hydrogen (secondary N) is 1. The van der Waals surface area contributed by atoms with Crippen LogP contribution in [0.4, 0.5) is 8.78 Å². The Bertz CT molecular complexity index is 723. The number of piperidine rings is 1. The normalized spacial score (nSPS) is 15.5. The summed E-state index contributed by atoms with van der Waals surface area (Å²) in [7, 11) is 1.91. The molecule has 0 spiro atoms. The summed E-state index contributed by atoms with van der Waals surface area (Å²) in [5, 5.41) is 3.21. The van der Waals surface area contributed by atoms with Gasteiger partial charge in [0.15, 0.2) is 0 Å². The van der Waals surface area contributed by atoms with Gasteiger partial charge in [0.25, 0.3) is 5.91 Å². The van der Waals surface area contributed by atoms with Crippen LogP contribution in [0.2, 0.25) is 0 Å². The Labute approximate surface area is 140 Å². The molecule has 2 aromatic carbocycles. The fourth-order valence-corrected chi connectivity index (χ4v) is 3.05. The standard InChI is InChI=1S/C19H20F2N2O/c1-22-16-8-10-23(11-9-16)19(24)17-7-4-14(12-18(17)21)13-2-5-15(20)6-3-13/h2-7,12,16,22H,8-11H2,1H3. The number of hydrogen-bond donors (Lipinski definition) is 1. The van der Waals surface area contributed by atoms with Gasteiger partial charge >= 0.3 is 0 Å². The molecule has 3 rings (SSSR count). The zero-order chi connectivity index (χ0) is 17.1. The third-order valence-electron chi connectivity index (χ3n) is 4.57. The molecule has 3 nitrogen and oxygen atoms in total. The minimum atomic E-state index is -0.544. The Morgan fingerprint density at radius 1 is 1.04 bits per heavy atom. The lowest BCUT2D eigenvalue weighted by Gasteiger charge is -2.32. The Morgan fingerprint density at radius 2 is 1.67 bits per heavy atom. The lowest BCUT2D eigenvalue weighted by molar-refractivity contribution is 0.0702. The van der Waals surface area contributed by atoms with Gasteiger partial charge in [-0.1, -0.05) is 18.2 Å². The molecule has 0 atom stereocenters. The monoisotopic (exact) mass is 330 g/mol. The van der Waals surface area contributed by atoms with Crippen LogP contribution in [-0.2, 0) is 0 Å². The fourth-order valence-electron chi connectivity index (χ4n) is 3.05. The molecule has 1 aliphatic heterocycles. The summed E-state index contributed by atoms with van der Waals surface area (Å²) in [5.41, 5.74) is 1.42. The van der Waals surface area contributed by atoms with Gasteiger partial charge < -0.3 is 10.2 Å². The number of rotatable bonds is 3. The average Bonchev–Trinajstić information content (AvgIpc) is 2.62. The molecule has 24 heavy (non-hydrogen) atoms. The number of likely N-dealkylation sites (tertiary alicyclic amines) is 1. The molecule has 0 bridgehead atoms. The van der Waals surface area contributed by atoms with Crippen molar-refractivity contribution >= 4 is 5.91 Å². The van der Waals surface area contributed by atoms with Crippen molar-refractivity contribution in [2.24, 2.45) is 0 Å². The zero-order valence-electron chi connectivity index (χ0n) is 13.6. The van der Waals surface area contributed by atoms with Crippen molar-refractivity contribution in [1.82, 2.24) is 10.2 Å². The highest BCUT2D eigenvalue weighted by atomic mass is 19.1. The first-order valence-corrected chi connectivity index (χ1v) is 8.10. The van der Waals surface area contributed by atoms with E-state index in [1.807, 2.05) is 7.05 Å². The van der Waals surface area contributed by atoms with E-state index in [9.17, 15) is 13.6 Å². The van der Waals surface area contributed by atoms with Crippen LogP contribution in [0.25, 0.3) is 11.1 Å². The van der Waals surface area contributed by atoms with Crippen molar-refractivity contribution in [2.75, 3.05) is 20.1 Å². The lowest BCUT2D eigenvalue weighted by atomic mass is 10.0. The van der Waals surface area contributed by atoms with Crippen molar-refractivity contribution in [1.29, 1.82) is 0 Å². The molecule has 0 radical (unpaired) electrons. The van der Waals surface area contributed by atoms with Gasteiger partial charge in [0.1, 0.15) is 11.6 Å². The first kappa shape index (κ1) is 16.6. The summed E-state index contributed by atoms with van der Waals surface area (Å²) >= 11 is 0. The maximum atomic E-state index is 14.4. The van der Waals surface area contributed by atoms with Crippen molar-refractivity contribution in [3.05, 3.63) is 59.7 Å². The summed E-state index contributed by atoms with van der Waals surface area (Å²) in [4.78, 5) is 14.2. The molecule has 1 N–H and O–H groups in total. The van der Waals surface area contributed by atoms with Crippen LogP contribution in [0.1, 0.15) is 23.2 Å². The maximum absolute atomic E-state index is 14.4. The maximum Gasteiger partial charge on any atom is 0.256 e. The quantitative estimate of drug-likeness (QED) is 0.935. The SMILES string of the molecule is CNC1CCN(C(=O)c2ccc(-c3ccc(F)cc3)cc2F)CC1. The van der Waals surface area contributed by atoms with Gasteiger partial charge in [-0.05, 0) is 55.3 Å². The smallest absolute Gasteiger partial charge is 0.256 e. The molecular formula is C19H20F2N2O. The molecule has 0 aromatic heterocycles. The second-order valence-electron chi connectivity index (χ2n) is 6.06. The third-order valence-corrected chi connectivity index (χ3v) is 4.57. The summed E-state index contributed by atoms with van der Waals surface area (Å²) < 4.78 is 27.4. The lowest BCUT2D eigenvalue weighted by Crippen LogP contribution is -2.44. The van der Waals surface area contributed by atoms with E-state index in [-0.39, 0.29) is 17.3 Å². The minimum Gasteiger partial charge on any atom is -0.338 e. The number of hydrogen-bond acceptors (Lipinski definition) is 2. The molecule has 0 unspecified atom stereocenters. The summed E-state index contributed by atoms with van der Waals surface area (Å²) in [6.07, 6.45) is 1.75. The topological polar surface area (TPSA) is 32.3 Å². The van der Waals surface area contributed by atoms with Crippen LogP contribution in [0.15, 0.2) is 42.5 Å². The third kappa shape index (κ3) is 3.46. The van der Waals surface area contributed by atoms with Crippen LogP contribution in [0.3, 0.4) is 0 Å². The molecule has 1 amide bonds. The number of halogens is 2. The van der Waals surface area contributed by atoms with Crippen LogP contribution >= 0.6 is 0 Å².